The number of amides is 1. The summed E-state index contributed by atoms with van der Waals surface area (Å²) in [7, 11) is -4.15. The average Bonchev–Trinajstić information content (AvgIpc) is 3.70. The third kappa shape index (κ3) is 5.10. The molecular formula is C29H27N3O5S. The summed E-state index contributed by atoms with van der Waals surface area (Å²) in [5.41, 5.74) is 3.87. The number of benzene rings is 3. The lowest BCUT2D eigenvalue weighted by atomic mass is 10.00. The van der Waals surface area contributed by atoms with E-state index in [0.717, 1.165) is 18.4 Å². The van der Waals surface area contributed by atoms with E-state index in [2.05, 4.69) is 9.82 Å². The van der Waals surface area contributed by atoms with Gasteiger partial charge >= 0.3 is 5.97 Å². The molecule has 1 amide bonds. The van der Waals surface area contributed by atoms with E-state index in [9.17, 15) is 23.1 Å². The van der Waals surface area contributed by atoms with Crippen LogP contribution in [0.25, 0.3) is 11.1 Å². The number of carbonyl (C=O) groups excluding carboxylic acids is 1. The molecule has 1 aliphatic rings. The third-order valence-corrected chi connectivity index (χ3v) is 8.03. The molecule has 0 radical (unpaired) electrons. The molecule has 5 rings (SSSR count). The summed E-state index contributed by atoms with van der Waals surface area (Å²) in [4.78, 5) is 24.6. The van der Waals surface area contributed by atoms with Crippen LogP contribution in [-0.2, 0) is 23.0 Å². The van der Waals surface area contributed by atoms with Crippen molar-refractivity contribution in [3.63, 3.8) is 0 Å². The SMILES string of the molecule is CCn1nc(C2CC2)c(C(=O)O)c1Cc1ccc(-c2ccccc2S(=O)(=O)NC(=O)c2ccccc2)cc1. The van der Waals surface area contributed by atoms with Gasteiger partial charge in [0, 0.05) is 30.0 Å². The Kier molecular flexibility index (Phi) is 6.86. The maximum Gasteiger partial charge on any atom is 0.339 e. The standard InChI is InChI=1S/C29H27N3O5S/c1-2-32-24(26(29(34)35)27(30-32)21-16-17-21)18-19-12-14-20(15-13-19)23-10-6-7-11-25(23)38(36,37)31-28(33)22-8-4-3-5-9-22/h3-15,21H,2,16-18H2,1H3,(H,31,33)(H,34,35). The van der Waals surface area contributed by atoms with Gasteiger partial charge in [-0.1, -0.05) is 60.7 Å². The van der Waals surface area contributed by atoms with Crippen LogP contribution in [0, 0.1) is 0 Å². The second kappa shape index (κ2) is 10.3. The number of aromatic nitrogens is 2. The monoisotopic (exact) mass is 529 g/mol. The van der Waals surface area contributed by atoms with Gasteiger partial charge in [-0.15, -0.1) is 0 Å². The first-order valence-electron chi connectivity index (χ1n) is 12.4. The Morgan fingerprint density at radius 1 is 0.974 bits per heavy atom. The van der Waals surface area contributed by atoms with Gasteiger partial charge in [0.1, 0.15) is 5.56 Å². The van der Waals surface area contributed by atoms with Crippen LogP contribution in [0.15, 0.2) is 83.8 Å². The first kappa shape index (κ1) is 25.4. The van der Waals surface area contributed by atoms with Crippen molar-refractivity contribution in [2.24, 2.45) is 0 Å². The van der Waals surface area contributed by atoms with Gasteiger partial charge in [0.2, 0.25) is 0 Å². The third-order valence-electron chi connectivity index (χ3n) is 6.64. The van der Waals surface area contributed by atoms with Crippen molar-refractivity contribution in [2.75, 3.05) is 0 Å². The Hall–Kier alpha value is -4.24. The molecule has 0 unspecified atom stereocenters. The molecule has 1 fully saturated rings. The Labute approximate surface area is 221 Å². The Morgan fingerprint density at radius 3 is 2.26 bits per heavy atom. The summed E-state index contributed by atoms with van der Waals surface area (Å²) in [6, 6.07) is 22.0. The van der Waals surface area contributed by atoms with Gasteiger partial charge < -0.3 is 5.11 Å². The van der Waals surface area contributed by atoms with Crippen LogP contribution in [0.3, 0.4) is 0 Å². The largest absolute Gasteiger partial charge is 0.478 e. The number of nitrogens with zero attached hydrogens (tertiary/aromatic N) is 2. The van der Waals surface area contributed by atoms with Gasteiger partial charge in [0.25, 0.3) is 15.9 Å². The minimum Gasteiger partial charge on any atom is -0.478 e. The molecule has 3 aromatic carbocycles. The summed E-state index contributed by atoms with van der Waals surface area (Å²) in [6.45, 7) is 2.51. The highest BCUT2D eigenvalue weighted by molar-refractivity contribution is 7.90. The molecule has 0 aliphatic heterocycles. The van der Waals surface area contributed by atoms with Crippen molar-refractivity contribution in [3.8, 4) is 11.1 Å². The van der Waals surface area contributed by atoms with E-state index in [1.54, 1.807) is 65.3 Å². The number of hydrogen-bond acceptors (Lipinski definition) is 5. The van der Waals surface area contributed by atoms with E-state index >= 15 is 0 Å². The number of sulfonamides is 1. The van der Waals surface area contributed by atoms with Crippen LogP contribution in [0.2, 0.25) is 0 Å². The number of aromatic carboxylic acids is 1. The molecule has 0 saturated heterocycles. The first-order chi connectivity index (χ1) is 18.3. The molecule has 1 aliphatic carbocycles. The van der Waals surface area contributed by atoms with Crippen LogP contribution >= 0.6 is 0 Å². The van der Waals surface area contributed by atoms with Crippen LogP contribution < -0.4 is 4.72 Å². The number of aryl methyl sites for hydroxylation is 1. The Balaban J connectivity index is 1.42. The fourth-order valence-electron chi connectivity index (χ4n) is 4.59. The van der Waals surface area contributed by atoms with Gasteiger partial charge in [-0.3, -0.25) is 9.48 Å². The molecule has 1 heterocycles. The molecule has 4 aromatic rings. The lowest BCUT2D eigenvalue weighted by molar-refractivity contribution is 0.0694. The normalized spacial score (nSPS) is 13.3. The van der Waals surface area contributed by atoms with E-state index in [1.807, 2.05) is 19.1 Å². The number of nitrogens with one attached hydrogen (secondary N) is 1. The minimum absolute atomic E-state index is 0.0108. The zero-order valence-electron chi connectivity index (χ0n) is 20.8. The number of carboxylic acid groups (broad SMARTS) is 1. The predicted molar refractivity (Wildman–Crippen MR) is 143 cm³/mol. The van der Waals surface area contributed by atoms with Gasteiger partial charge in [-0.05, 0) is 49.1 Å². The topological polar surface area (TPSA) is 118 Å². The molecule has 0 bridgehead atoms. The Morgan fingerprint density at radius 2 is 1.63 bits per heavy atom. The zero-order chi connectivity index (χ0) is 26.9. The molecule has 194 valence electrons. The summed E-state index contributed by atoms with van der Waals surface area (Å²) in [5, 5.41) is 14.5. The summed E-state index contributed by atoms with van der Waals surface area (Å²) in [5.74, 6) is -1.45. The van der Waals surface area contributed by atoms with E-state index in [-0.39, 0.29) is 16.4 Å². The highest BCUT2D eigenvalue weighted by Gasteiger charge is 2.34. The molecule has 9 heteroatoms. The summed E-state index contributed by atoms with van der Waals surface area (Å²) in [6.07, 6.45) is 2.31. The molecule has 2 N–H and O–H groups in total. The fourth-order valence-corrected chi connectivity index (χ4v) is 5.80. The Bertz CT molecular complexity index is 1610. The minimum atomic E-state index is -4.15. The maximum absolute atomic E-state index is 13.2. The molecule has 1 aromatic heterocycles. The van der Waals surface area contributed by atoms with E-state index in [1.165, 1.54) is 6.07 Å². The maximum atomic E-state index is 13.2. The first-order valence-corrected chi connectivity index (χ1v) is 13.9. The summed E-state index contributed by atoms with van der Waals surface area (Å²) < 4.78 is 30.2. The molecule has 38 heavy (non-hydrogen) atoms. The van der Waals surface area contributed by atoms with E-state index < -0.39 is 21.9 Å². The van der Waals surface area contributed by atoms with Crippen molar-refractivity contribution in [3.05, 3.63) is 107 Å². The molecule has 8 nitrogen and oxygen atoms in total. The number of carbonyl (C=O) groups is 2. The highest BCUT2D eigenvalue weighted by Crippen LogP contribution is 2.42. The molecule has 0 atom stereocenters. The zero-order valence-corrected chi connectivity index (χ0v) is 21.6. The van der Waals surface area contributed by atoms with Gasteiger partial charge in [-0.2, -0.15) is 5.10 Å². The smallest absolute Gasteiger partial charge is 0.339 e. The average molecular weight is 530 g/mol. The second-order valence-electron chi connectivity index (χ2n) is 9.27. The van der Waals surface area contributed by atoms with Gasteiger partial charge in [-0.25, -0.2) is 17.9 Å². The van der Waals surface area contributed by atoms with Gasteiger partial charge in [0.15, 0.2) is 0 Å². The quantitative estimate of drug-likeness (QED) is 0.320. The number of rotatable bonds is 9. The summed E-state index contributed by atoms with van der Waals surface area (Å²) >= 11 is 0. The van der Waals surface area contributed by atoms with Crippen LogP contribution in [0.5, 0.6) is 0 Å². The molecule has 1 saturated carbocycles. The lowest BCUT2D eigenvalue weighted by Crippen LogP contribution is -2.30. The fraction of sp³-hybridized carbons (Fsp3) is 0.207. The van der Waals surface area contributed by atoms with Crippen molar-refractivity contribution in [2.45, 2.75) is 43.5 Å². The molecule has 0 spiro atoms. The van der Waals surface area contributed by atoms with Crippen molar-refractivity contribution >= 4 is 21.9 Å². The predicted octanol–water partition coefficient (Wildman–Crippen LogP) is 4.86. The second-order valence-corrected chi connectivity index (χ2v) is 10.9. The van der Waals surface area contributed by atoms with E-state index in [4.69, 9.17) is 0 Å². The number of hydrogen-bond donors (Lipinski definition) is 2. The van der Waals surface area contributed by atoms with Crippen molar-refractivity contribution < 1.29 is 23.1 Å². The number of carboxylic acids is 1. The van der Waals surface area contributed by atoms with Crippen molar-refractivity contribution in [1.82, 2.24) is 14.5 Å². The van der Waals surface area contributed by atoms with Crippen LogP contribution in [0.4, 0.5) is 0 Å². The van der Waals surface area contributed by atoms with Crippen molar-refractivity contribution in [1.29, 1.82) is 0 Å². The van der Waals surface area contributed by atoms with Crippen LogP contribution in [-0.4, -0.2) is 35.2 Å². The van der Waals surface area contributed by atoms with E-state index in [0.29, 0.717) is 41.0 Å². The highest BCUT2D eigenvalue weighted by atomic mass is 32.2. The lowest BCUT2D eigenvalue weighted by Gasteiger charge is -2.13. The molecular weight excluding hydrogens is 502 g/mol. The van der Waals surface area contributed by atoms with Crippen LogP contribution in [0.1, 0.15) is 63.4 Å². The van der Waals surface area contributed by atoms with Gasteiger partial charge in [0.05, 0.1) is 16.3 Å².